The Morgan fingerprint density at radius 1 is 1.14 bits per heavy atom. The van der Waals surface area contributed by atoms with Gasteiger partial charge in [0.2, 0.25) is 5.55 Å². The molecule has 0 fully saturated rings. The highest BCUT2D eigenvalue weighted by Gasteiger charge is 2.14. The van der Waals surface area contributed by atoms with E-state index in [0.717, 1.165) is 4.47 Å². The number of halogens is 3. The number of nitrogens with one attached hydrogen (secondary N) is 1. The highest BCUT2D eigenvalue weighted by Crippen LogP contribution is 2.23. The first-order valence-electron chi connectivity index (χ1n) is 8.45. The molecule has 4 aromatic rings. The standard InChI is InChI=1S/C21H12BrClFN3O2/c22-13-4-7-18-12(9-13)10-15(20(28)27-19-3-1-2-8-25-19)21(29-18)26-14-5-6-17(24)16(23)11-14/h1-11H,(H,25,27,28). The number of hydrogen-bond donors (Lipinski definition) is 1. The second-order valence-electron chi connectivity index (χ2n) is 6.03. The van der Waals surface area contributed by atoms with Gasteiger partial charge in [0.1, 0.15) is 22.8 Å². The molecule has 2 aromatic carbocycles. The fourth-order valence-electron chi connectivity index (χ4n) is 2.64. The molecule has 0 bridgehead atoms. The molecule has 0 unspecified atom stereocenters. The summed E-state index contributed by atoms with van der Waals surface area (Å²) in [5.74, 6) is -0.608. The Hall–Kier alpha value is -3.03. The molecule has 0 saturated carbocycles. The molecule has 0 saturated heterocycles. The lowest BCUT2D eigenvalue weighted by atomic mass is 10.1. The zero-order valence-electron chi connectivity index (χ0n) is 14.7. The summed E-state index contributed by atoms with van der Waals surface area (Å²) in [5.41, 5.74) is 1.15. The first kappa shape index (κ1) is 19.3. The van der Waals surface area contributed by atoms with Gasteiger partial charge in [-0.3, -0.25) is 4.79 Å². The van der Waals surface area contributed by atoms with Gasteiger partial charge in [0.05, 0.1) is 10.7 Å². The number of nitrogens with zero attached hydrogens (tertiary/aromatic N) is 2. The van der Waals surface area contributed by atoms with E-state index in [1.54, 1.807) is 36.5 Å². The van der Waals surface area contributed by atoms with Crippen molar-refractivity contribution < 1.29 is 13.6 Å². The highest BCUT2D eigenvalue weighted by atomic mass is 79.9. The van der Waals surface area contributed by atoms with Crippen LogP contribution >= 0.6 is 27.5 Å². The van der Waals surface area contributed by atoms with Crippen molar-refractivity contribution in [2.75, 3.05) is 5.32 Å². The lowest BCUT2D eigenvalue weighted by Gasteiger charge is -2.07. The number of carbonyl (C=O) groups excluding carboxylic acids is 1. The van der Waals surface area contributed by atoms with E-state index in [0.29, 0.717) is 22.5 Å². The average Bonchev–Trinajstić information content (AvgIpc) is 2.71. The Labute approximate surface area is 178 Å². The zero-order valence-corrected chi connectivity index (χ0v) is 17.0. The molecular weight excluding hydrogens is 461 g/mol. The van der Waals surface area contributed by atoms with Crippen LogP contribution in [-0.2, 0) is 0 Å². The number of rotatable bonds is 3. The molecule has 0 aliphatic heterocycles. The Kier molecular flexibility index (Phi) is 5.42. The van der Waals surface area contributed by atoms with Crippen molar-refractivity contribution in [1.29, 1.82) is 0 Å². The average molecular weight is 473 g/mol. The lowest BCUT2D eigenvalue weighted by Crippen LogP contribution is -2.22. The van der Waals surface area contributed by atoms with E-state index in [9.17, 15) is 9.18 Å². The fraction of sp³-hybridized carbons (Fsp3) is 0. The third-order valence-corrected chi connectivity index (χ3v) is 4.78. The lowest BCUT2D eigenvalue weighted by molar-refractivity contribution is 0.102. The third-order valence-electron chi connectivity index (χ3n) is 3.99. The summed E-state index contributed by atoms with van der Waals surface area (Å²) in [6, 6.07) is 16.3. The van der Waals surface area contributed by atoms with Gasteiger partial charge in [-0.1, -0.05) is 33.6 Å². The number of anilines is 1. The Balaban J connectivity index is 1.87. The van der Waals surface area contributed by atoms with E-state index in [2.05, 4.69) is 31.2 Å². The minimum atomic E-state index is -0.556. The second kappa shape index (κ2) is 8.14. The van der Waals surface area contributed by atoms with E-state index in [1.807, 2.05) is 12.1 Å². The monoisotopic (exact) mass is 471 g/mol. The first-order valence-corrected chi connectivity index (χ1v) is 9.62. The van der Waals surface area contributed by atoms with Crippen molar-refractivity contribution in [1.82, 2.24) is 4.98 Å². The molecule has 29 heavy (non-hydrogen) atoms. The minimum Gasteiger partial charge on any atom is -0.438 e. The van der Waals surface area contributed by atoms with E-state index in [1.165, 1.54) is 18.2 Å². The molecule has 8 heteroatoms. The summed E-state index contributed by atoms with van der Waals surface area (Å²) in [6.07, 6.45) is 1.57. The van der Waals surface area contributed by atoms with Crippen molar-refractivity contribution >= 4 is 55.9 Å². The van der Waals surface area contributed by atoms with Gasteiger partial charge in [-0.05, 0) is 54.6 Å². The smallest absolute Gasteiger partial charge is 0.262 e. The van der Waals surface area contributed by atoms with Crippen LogP contribution in [0.4, 0.5) is 15.9 Å². The summed E-state index contributed by atoms with van der Waals surface area (Å²) in [6.45, 7) is 0. The van der Waals surface area contributed by atoms with E-state index >= 15 is 0 Å². The van der Waals surface area contributed by atoms with E-state index in [4.69, 9.17) is 16.0 Å². The maximum absolute atomic E-state index is 13.5. The number of pyridine rings is 1. The number of hydrogen-bond acceptors (Lipinski definition) is 4. The molecule has 4 rings (SSSR count). The van der Waals surface area contributed by atoms with E-state index in [-0.39, 0.29) is 16.1 Å². The van der Waals surface area contributed by atoms with Gasteiger partial charge in [-0.25, -0.2) is 14.4 Å². The molecule has 0 spiro atoms. The molecule has 0 aliphatic carbocycles. The summed E-state index contributed by atoms with van der Waals surface area (Å²) < 4.78 is 20.2. The van der Waals surface area contributed by atoms with Gasteiger partial charge in [-0.15, -0.1) is 0 Å². The quantitative estimate of drug-likeness (QED) is 0.406. The summed E-state index contributed by atoms with van der Waals surface area (Å²) >= 11 is 9.25. The molecule has 2 aromatic heterocycles. The molecule has 0 atom stereocenters. The van der Waals surface area contributed by atoms with Crippen molar-refractivity contribution in [3.05, 3.63) is 93.3 Å². The molecule has 144 valence electrons. The zero-order chi connectivity index (χ0) is 20.4. The summed E-state index contributed by atoms with van der Waals surface area (Å²) in [5, 5.41) is 3.35. The Morgan fingerprint density at radius 3 is 2.76 bits per heavy atom. The highest BCUT2D eigenvalue weighted by molar-refractivity contribution is 9.10. The van der Waals surface area contributed by atoms with Gasteiger partial charge >= 0.3 is 0 Å². The molecule has 2 heterocycles. The molecular formula is C21H12BrClFN3O2. The van der Waals surface area contributed by atoms with Crippen LogP contribution in [0.15, 0.2) is 80.7 Å². The molecule has 1 N–H and O–H groups in total. The largest absolute Gasteiger partial charge is 0.438 e. The van der Waals surface area contributed by atoms with Gasteiger partial charge in [0.25, 0.3) is 5.91 Å². The van der Waals surface area contributed by atoms with Crippen LogP contribution in [0.5, 0.6) is 0 Å². The minimum absolute atomic E-state index is 0.0657. The number of amides is 1. The van der Waals surface area contributed by atoms with Crippen LogP contribution in [-0.4, -0.2) is 10.9 Å². The third kappa shape index (κ3) is 4.36. The van der Waals surface area contributed by atoms with Gasteiger partial charge < -0.3 is 9.73 Å². The summed E-state index contributed by atoms with van der Waals surface area (Å²) in [4.78, 5) is 21.4. The normalized spacial score (nSPS) is 11.6. The maximum atomic E-state index is 13.5. The van der Waals surface area contributed by atoms with Crippen molar-refractivity contribution in [3.8, 4) is 0 Å². The fourth-order valence-corrected chi connectivity index (χ4v) is 3.19. The topological polar surface area (TPSA) is 67.5 Å². The molecule has 1 amide bonds. The number of fused-ring (bicyclic) bond motifs is 1. The molecule has 0 aliphatic rings. The van der Waals surface area contributed by atoms with Gasteiger partial charge in [0, 0.05) is 16.1 Å². The maximum Gasteiger partial charge on any atom is 0.262 e. The van der Waals surface area contributed by atoms with Crippen LogP contribution in [0.25, 0.3) is 11.0 Å². The van der Waals surface area contributed by atoms with E-state index < -0.39 is 11.7 Å². The number of aromatic nitrogens is 1. The Morgan fingerprint density at radius 2 is 2.00 bits per heavy atom. The number of carbonyl (C=O) groups is 1. The van der Waals surface area contributed by atoms with Crippen LogP contribution in [0, 0.1) is 5.82 Å². The molecule has 0 radical (unpaired) electrons. The predicted octanol–water partition coefficient (Wildman–Crippen LogP) is 5.87. The van der Waals surface area contributed by atoms with Crippen LogP contribution in [0.1, 0.15) is 10.4 Å². The van der Waals surface area contributed by atoms with Crippen LogP contribution in [0.3, 0.4) is 0 Å². The Bertz CT molecular complexity index is 1290. The molecule has 5 nitrogen and oxygen atoms in total. The van der Waals surface area contributed by atoms with Gasteiger partial charge in [0.15, 0.2) is 0 Å². The SMILES string of the molecule is O=C(Nc1ccccn1)c1cc2cc(Br)ccc2oc1=Nc1ccc(F)c(Cl)c1. The van der Waals surface area contributed by atoms with Crippen molar-refractivity contribution in [2.45, 2.75) is 0 Å². The second-order valence-corrected chi connectivity index (χ2v) is 7.35. The predicted molar refractivity (Wildman–Crippen MR) is 113 cm³/mol. The number of benzene rings is 2. The van der Waals surface area contributed by atoms with Crippen molar-refractivity contribution in [2.24, 2.45) is 4.99 Å². The van der Waals surface area contributed by atoms with Crippen LogP contribution in [0.2, 0.25) is 5.02 Å². The van der Waals surface area contributed by atoms with Gasteiger partial charge in [-0.2, -0.15) is 0 Å². The van der Waals surface area contributed by atoms with Crippen molar-refractivity contribution in [3.63, 3.8) is 0 Å². The first-order chi connectivity index (χ1) is 14.0. The van der Waals surface area contributed by atoms with Crippen LogP contribution < -0.4 is 10.9 Å². The summed E-state index contributed by atoms with van der Waals surface area (Å²) in [7, 11) is 0.